The summed E-state index contributed by atoms with van der Waals surface area (Å²) in [5.74, 6) is 0.174. The third-order valence-electron chi connectivity index (χ3n) is 11.7. The fourth-order valence-corrected chi connectivity index (χ4v) is 10.0. The Bertz CT molecular complexity index is 2210. The van der Waals surface area contributed by atoms with E-state index in [2.05, 4.69) is 168 Å². The molecule has 0 fully saturated rings. The van der Waals surface area contributed by atoms with Crippen molar-refractivity contribution in [2.75, 3.05) is 0 Å². The largest absolute Gasteiger partial charge is 0.242 e. The second-order valence-corrected chi connectivity index (χ2v) is 16.1. The molecule has 0 saturated carbocycles. The van der Waals surface area contributed by atoms with Crippen molar-refractivity contribution < 1.29 is 0 Å². The minimum atomic E-state index is 0.174. The highest BCUT2D eigenvalue weighted by Crippen LogP contribution is 2.41. The minimum Gasteiger partial charge on any atom is -0.0683 e. The van der Waals surface area contributed by atoms with Crippen LogP contribution < -0.4 is 16.4 Å². The van der Waals surface area contributed by atoms with Gasteiger partial charge in [0.15, 0.2) is 0 Å². The van der Waals surface area contributed by atoms with E-state index in [1.54, 1.807) is 0 Å². The van der Waals surface area contributed by atoms with Crippen LogP contribution in [0.3, 0.4) is 0 Å². The number of benzene rings is 6. The molecule has 256 valence electrons. The standard InChI is InChI=1S/C50H53B/c1-28-17-34(7)46(35(8)18-28)48(47-36(9)19-29(2)20-37(47)10)40-13-15-44(32(5)25-40)45-16-14-43(26-33(45)6)51-49-38(11)21-30(3)23-41(49)27-42-24-31(4)22-39(12)50(42)51/h13-26,48H,27H2,1-12H3. The van der Waals surface area contributed by atoms with E-state index in [4.69, 9.17) is 0 Å². The molecular formula is C50H53B. The van der Waals surface area contributed by atoms with Crippen molar-refractivity contribution in [2.24, 2.45) is 0 Å². The van der Waals surface area contributed by atoms with Crippen LogP contribution in [0, 0.1) is 83.1 Å². The summed E-state index contributed by atoms with van der Waals surface area (Å²) in [5, 5.41) is 0. The first-order chi connectivity index (χ1) is 24.2. The Kier molecular flexibility index (Phi) is 8.99. The summed E-state index contributed by atoms with van der Waals surface area (Å²) in [7, 11) is 0. The minimum absolute atomic E-state index is 0.174. The first-order valence-electron chi connectivity index (χ1n) is 18.8. The Morgan fingerprint density at radius 1 is 0.392 bits per heavy atom. The Morgan fingerprint density at radius 3 is 1.22 bits per heavy atom. The highest BCUT2D eigenvalue weighted by Gasteiger charge is 2.34. The molecule has 0 radical (unpaired) electrons. The SMILES string of the molecule is Cc1cc(C)c(C(c2ccc(-c3ccc(B4c5c(C)cc(C)cc5Cc5cc(C)cc(C)c54)cc3C)c(C)c2)c2c(C)cc(C)cc2C)c(C)c1. The lowest BCUT2D eigenvalue weighted by atomic mass is 9.32. The Hall–Kier alpha value is -4.62. The van der Waals surface area contributed by atoms with Crippen LogP contribution in [0.15, 0.2) is 84.9 Å². The lowest BCUT2D eigenvalue weighted by Crippen LogP contribution is -2.58. The molecule has 6 aromatic carbocycles. The van der Waals surface area contributed by atoms with Gasteiger partial charge in [-0.3, -0.25) is 0 Å². The van der Waals surface area contributed by atoms with Crippen molar-refractivity contribution >= 4 is 23.1 Å². The number of hydrogen-bond donors (Lipinski definition) is 0. The zero-order valence-corrected chi connectivity index (χ0v) is 32.9. The second-order valence-electron chi connectivity index (χ2n) is 16.1. The van der Waals surface area contributed by atoms with Gasteiger partial charge in [0, 0.05) is 5.92 Å². The van der Waals surface area contributed by atoms with Crippen molar-refractivity contribution in [3.63, 3.8) is 0 Å². The number of aryl methyl sites for hydroxylation is 12. The predicted molar refractivity (Wildman–Crippen MR) is 223 cm³/mol. The highest BCUT2D eigenvalue weighted by atomic mass is 14.3. The fraction of sp³-hybridized carbons (Fsp3) is 0.280. The first-order valence-corrected chi connectivity index (χ1v) is 18.8. The zero-order chi connectivity index (χ0) is 36.5. The van der Waals surface area contributed by atoms with Gasteiger partial charge in [-0.1, -0.05) is 135 Å². The Labute approximate surface area is 308 Å². The summed E-state index contributed by atoms with van der Waals surface area (Å²) in [6.07, 6.45) is 1.01. The van der Waals surface area contributed by atoms with Crippen molar-refractivity contribution in [3.8, 4) is 11.1 Å². The van der Waals surface area contributed by atoms with Crippen LogP contribution in [-0.2, 0) is 6.42 Å². The lowest BCUT2D eigenvalue weighted by molar-refractivity contribution is 0.918. The molecule has 0 atom stereocenters. The summed E-state index contributed by atoms with van der Waals surface area (Å²) in [5.41, 5.74) is 30.5. The molecule has 0 aromatic heterocycles. The van der Waals surface area contributed by atoms with Crippen LogP contribution in [0.4, 0.5) is 0 Å². The fourth-order valence-electron chi connectivity index (χ4n) is 10.0. The van der Waals surface area contributed by atoms with Crippen LogP contribution in [-0.4, -0.2) is 6.71 Å². The van der Waals surface area contributed by atoms with Crippen LogP contribution in [0.25, 0.3) is 11.1 Å². The normalized spacial score (nSPS) is 12.4. The molecule has 0 saturated heterocycles. The Morgan fingerprint density at radius 2 is 0.784 bits per heavy atom. The van der Waals surface area contributed by atoms with Gasteiger partial charge in [-0.25, -0.2) is 0 Å². The molecule has 0 unspecified atom stereocenters. The molecule has 1 aliphatic heterocycles. The molecule has 0 spiro atoms. The van der Waals surface area contributed by atoms with Crippen molar-refractivity contribution in [2.45, 2.75) is 95.4 Å². The summed E-state index contributed by atoms with van der Waals surface area (Å²) in [6.45, 7) is 27.5. The van der Waals surface area contributed by atoms with Crippen molar-refractivity contribution in [1.29, 1.82) is 0 Å². The molecule has 1 heteroatoms. The molecule has 0 bridgehead atoms. The van der Waals surface area contributed by atoms with E-state index in [-0.39, 0.29) is 12.6 Å². The molecule has 7 rings (SSSR count). The van der Waals surface area contributed by atoms with Crippen LogP contribution in [0.2, 0.25) is 0 Å². The van der Waals surface area contributed by atoms with E-state index in [0.29, 0.717) is 0 Å². The maximum atomic E-state index is 2.48. The zero-order valence-electron chi connectivity index (χ0n) is 32.9. The maximum absolute atomic E-state index is 2.48. The predicted octanol–water partition coefficient (Wildman–Crippen LogP) is 10.7. The molecule has 51 heavy (non-hydrogen) atoms. The molecule has 1 aliphatic rings. The van der Waals surface area contributed by atoms with E-state index in [1.165, 1.54) is 122 Å². The number of rotatable bonds is 5. The average molecular weight is 665 g/mol. The van der Waals surface area contributed by atoms with Crippen LogP contribution in [0.5, 0.6) is 0 Å². The quantitative estimate of drug-likeness (QED) is 0.127. The maximum Gasteiger partial charge on any atom is 0.242 e. The lowest BCUT2D eigenvalue weighted by Gasteiger charge is -2.31. The van der Waals surface area contributed by atoms with E-state index in [0.717, 1.165) is 6.42 Å². The molecule has 0 nitrogen and oxygen atoms in total. The third kappa shape index (κ3) is 6.20. The second kappa shape index (κ2) is 13.2. The molecule has 0 N–H and O–H groups in total. The van der Waals surface area contributed by atoms with Gasteiger partial charge in [0.05, 0.1) is 0 Å². The summed E-state index contributed by atoms with van der Waals surface area (Å²) in [6, 6.07) is 33.6. The van der Waals surface area contributed by atoms with E-state index < -0.39 is 0 Å². The van der Waals surface area contributed by atoms with Gasteiger partial charge >= 0.3 is 0 Å². The van der Waals surface area contributed by atoms with Crippen LogP contribution in [0.1, 0.15) is 100 Å². The van der Waals surface area contributed by atoms with Crippen molar-refractivity contribution in [3.05, 3.63) is 180 Å². The van der Waals surface area contributed by atoms with Crippen molar-refractivity contribution in [1.82, 2.24) is 0 Å². The first kappa shape index (κ1) is 34.8. The molecular weight excluding hydrogens is 611 g/mol. The van der Waals surface area contributed by atoms with Crippen LogP contribution >= 0.6 is 0 Å². The van der Waals surface area contributed by atoms with E-state index in [1.807, 2.05) is 0 Å². The molecule has 6 aromatic rings. The van der Waals surface area contributed by atoms with Gasteiger partial charge in [-0.05, 0) is 162 Å². The van der Waals surface area contributed by atoms with E-state index in [9.17, 15) is 0 Å². The van der Waals surface area contributed by atoms with Gasteiger partial charge < -0.3 is 0 Å². The van der Waals surface area contributed by atoms with Gasteiger partial charge in [0.2, 0.25) is 6.71 Å². The number of fused-ring (bicyclic) bond motifs is 2. The van der Waals surface area contributed by atoms with Gasteiger partial charge in [-0.2, -0.15) is 0 Å². The summed E-state index contributed by atoms with van der Waals surface area (Å²) in [4.78, 5) is 0. The third-order valence-corrected chi connectivity index (χ3v) is 11.7. The van der Waals surface area contributed by atoms with Gasteiger partial charge in [0.1, 0.15) is 0 Å². The topological polar surface area (TPSA) is 0 Å². The Balaban J connectivity index is 1.34. The summed E-state index contributed by atoms with van der Waals surface area (Å²) < 4.78 is 0. The molecule has 0 amide bonds. The highest BCUT2D eigenvalue weighted by molar-refractivity contribution is 6.97. The summed E-state index contributed by atoms with van der Waals surface area (Å²) >= 11 is 0. The monoisotopic (exact) mass is 664 g/mol. The van der Waals surface area contributed by atoms with Gasteiger partial charge in [-0.15, -0.1) is 0 Å². The van der Waals surface area contributed by atoms with Gasteiger partial charge in [0.25, 0.3) is 0 Å². The number of hydrogen-bond acceptors (Lipinski definition) is 0. The average Bonchev–Trinajstić information content (AvgIpc) is 3.02. The molecule has 1 heterocycles. The van der Waals surface area contributed by atoms with E-state index >= 15 is 0 Å². The smallest absolute Gasteiger partial charge is 0.0683 e. The molecule has 0 aliphatic carbocycles.